The lowest BCUT2D eigenvalue weighted by atomic mass is 9.81. The molecule has 0 N–H and O–H groups in total. The molecule has 1 unspecified atom stereocenters. The third kappa shape index (κ3) is 8.16. The molecule has 0 amide bonds. The first kappa shape index (κ1) is 27.4. The van der Waals surface area contributed by atoms with Crippen LogP contribution in [0.3, 0.4) is 0 Å². The molecule has 0 aromatic heterocycles. The molecule has 0 aliphatic heterocycles. The Bertz CT molecular complexity index is 613. The fourth-order valence-electron chi connectivity index (χ4n) is 5.11. The van der Waals surface area contributed by atoms with Gasteiger partial charge in [-0.15, -0.1) is 0 Å². The minimum Gasteiger partial charge on any atom is -0.493 e. The molecule has 0 saturated heterocycles. The Balaban J connectivity index is 2.10. The van der Waals surface area contributed by atoms with Gasteiger partial charge in [-0.05, 0) is 81.9 Å². The number of hydrogen-bond acceptors (Lipinski definition) is 4. The van der Waals surface area contributed by atoms with E-state index in [4.69, 9.17) is 18.0 Å². The van der Waals surface area contributed by atoms with Crippen LogP contribution in [-0.4, -0.2) is 35.2 Å². The lowest BCUT2D eigenvalue weighted by molar-refractivity contribution is 0.0696. The highest BCUT2D eigenvalue weighted by atomic mass is 28.4. The Morgan fingerprint density at radius 3 is 2.12 bits per heavy atom. The van der Waals surface area contributed by atoms with Gasteiger partial charge in [0.15, 0.2) is 0 Å². The molecule has 0 radical (unpaired) electrons. The number of rotatable bonds is 16. The van der Waals surface area contributed by atoms with E-state index in [1.165, 1.54) is 62.5 Å². The maximum absolute atomic E-state index is 6.40. The van der Waals surface area contributed by atoms with Gasteiger partial charge in [0.2, 0.25) is 0 Å². The van der Waals surface area contributed by atoms with Crippen LogP contribution in [0.2, 0.25) is 6.04 Å². The molecule has 5 heteroatoms. The van der Waals surface area contributed by atoms with E-state index in [9.17, 15) is 0 Å². The molecule has 184 valence electrons. The van der Waals surface area contributed by atoms with Crippen molar-refractivity contribution >= 4 is 8.80 Å². The van der Waals surface area contributed by atoms with Crippen molar-refractivity contribution in [1.82, 2.24) is 0 Å². The zero-order valence-corrected chi connectivity index (χ0v) is 22.4. The fourth-order valence-corrected chi connectivity index (χ4v) is 7.69. The van der Waals surface area contributed by atoms with E-state index in [0.717, 1.165) is 18.2 Å². The molecule has 1 aliphatic carbocycles. The van der Waals surface area contributed by atoms with Crippen molar-refractivity contribution in [3.8, 4) is 5.75 Å². The second-order valence-corrected chi connectivity index (χ2v) is 11.7. The van der Waals surface area contributed by atoms with Gasteiger partial charge in [0.05, 0.1) is 6.61 Å². The van der Waals surface area contributed by atoms with Gasteiger partial charge in [0.25, 0.3) is 0 Å². The first-order chi connectivity index (χ1) is 15.6. The molecule has 1 aromatic carbocycles. The molecule has 0 spiro atoms. The van der Waals surface area contributed by atoms with Gasteiger partial charge in [-0.2, -0.15) is 0 Å². The summed E-state index contributed by atoms with van der Waals surface area (Å²) in [4.78, 5) is 0. The highest BCUT2D eigenvalue weighted by molar-refractivity contribution is 6.60. The van der Waals surface area contributed by atoms with Crippen LogP contribution in [0.4, 0.5) is 0 Å². The van der Waals surface area contributed by atoms with Crippen LogP contribution < -0.4 is 4.74 Å². The summed E-state index contributed by atoms with van der Waals surface area (Å²) < 4.78 is 24.4. The Kier molecular flexibility index (Phi) is 12.9. The highest BCUT2D eigenvalue weighted by Gasteiger charge is 2.39. The van der Waals surface area contributed by atoms with E-state index in [-0.39, 0.29) is 0 Å². The second-order valence-electron chi connectivity index (χ2n) is 8.96. The van der Waals surface area contributed by atoms with Gasteiger partial charge in [-0.1, -0.05) is 51.7 Å². The average Bonchev–Trinajstić information content (AvgIpc) is 2.81. The predicted octanol–water partition coefficient (Wildman–Crippen LogP) is 7.85. The maximum atomic E-state index is 6.40. The Morgan fingerprint density at radius 2 is 1.56 bits per heavy atom. The van der Waals surface area contributed by atoms with Crippen LogP contribution in [0.1, 0.15) is 115 Å². The molecule has 1 fully saturated rings. The van der Waals surface area contributed by atoms with Crippen LogP contribution in [0.25, 0.3) is 0 Å². The zero-order valence-electron chi connectivity index (χ0n) is 21.4. The summed E-state index contributed by atoms with van der Waals surface area (Å²) in [6, 6.07) is 7.84. The summed E-state index contributed by atoms with van der Waals surface area (Å²) in [6.45, 7) is 13.2. The maximum Gasteiger partial charge on any atom is 0.501 e. The van der Waals surface area contributed by atoms with Crippen molar-refractivity contribution in [3.05, 3.63) is 29.3 Å². The lowest BCUT2D eigenvalue weighted by Crippen LogP contribution is -2.46. The molecule has 0 heterocycles. The van der Waals surface area contributed by atoms with Crippen LogP contribution in [0, 0.1) is 0 Å². The van der Waals surface area contributed by atoms with Crippen LogP contribution in [0.5, 0.6) is 5.75 Å². The molecular weight excluding hydrogens is 416 g/mol. The average molecular weight is 465 g/mol. The van der Waals surface area contributed by atoms with Crippen molar-refractivity contribution in [1.29, 1.82) is 0 Å². The molecule has 1 aliphatic rings. The standard InChI is InChI=1S/C27H48O4Si/c1-6-15-23(7-2)25-18-19-27(26(22-25)24-16-12-11-13-17-24)28-20-14-21-32(29-8-3,30-9-4)31-10-5/h18-19,22-24H,6-17,20-21H2,1-5H3. The third-order valence-corrected chi connectivity index (χ3v) is 9.81. The largest absolute Gasteiger partial charge is 0.501 e. The molecule has 2 rings (SSSR count). The van der Waals surface area contributed by atoms with Crippen molar-refractivity contribution in [2.75, 3.05) is 26.4 Å². The summed E-state index contributed by atoms with van der Waals surface area (Å²) in [6.07, 6.45) is 11.2. The summed E-state index contributed by atoms with van der Waals surface area (Å²) in [7, 11) is -2.60. The van der Waals surface area contributed by atoms with Gasteiger partial charge in [-0.25, -0.2) is 0 Å². The van der Waals surface area contributed by atoms with Gasteiger partial charge in [0.1, 0.15) is 5.75 Å². The van der Waals surface area contributed by atoms with E-state index in [1.54, 1.807) is 0 Å². The van der Waals surface area contributed by atoms with Crippen molar-refractivity contribution in [2.24, 2.45) is 0 Å². The topological polar surface area (TPSA) is 36.9 Å². The van der Waals surface area contributed by atoms with E-state index < -0.39 is 8.80 Å². The van der Waals surface area contributed by atoms with Crippen molar-refractivity contribution in [2.45, 2.75) is 110 Å². The molecule has 1 aromatic rings. The monoisotopic (exact) mass is 464 g/mol. The van der Waals surface area contributed by atoms with Crippen molar-refractivity contribution < 1.29 is 18.0 Å². The summed E-state index contributed by atoms with van der Waals surface area (Å²) >= 11 is 0. The zero-order chi connectivity index (χ0) is 23.2. The minimum atomic E-state index is -2.60. The molecule has 1 saturated carbocycles. The third-order valence-electron chi connectivity index (χ3n) is 6.66. The SMILES string of the molecule is CCCC(CC)c1ccc(OCCC[Si](OCC)(OCC)OCC)c(C2CCCCC2)c1. The van der Waals surface area contributed by atoms with Gasteiger partial charge in [0, 0.05) is 25.9 Å². The van der Waals surface area contributed by atoms with Gasteiger partial charge >= 0.3 is 8.80 Å². The molecular formula is C27H48O4Si. The number of ether oxygens (including phenoxy) is 1. The van der Waals surface area contributed by atoms with E-state index >= 15 is 0 Å². The van der Waals surface area contributed by atoms with Gasteiger partial charge in [-0.3, -0.25) is 0 Å². The molecule has 0 bridgehead atoms. The quantitative estimate of drug-likeness (QED) is 0.184. The first-order valence-electron chi connectivity index (χ1n) is 13.3. The van der Waals surface area contributed by atoms with Crippen LogP contribution >= 0.6 is 0 Å². The first-order valence-corrected chi connectivity index (χ1v) is 15.2. The molecule has 1 atom stereocenters. The highest BCUT2D eigenvalue weighted by Crippen LogP contribution is 2.40. The predicted molar refractivity (Wildman–Crippen MR) is 136 cm³/mol. The lowest BCUT2D eigenvalue weighted by Gasteiger charge is -2.29. The Labute approximate surface area is 198 Å². The Morgan fingerprint density at radius 1 is 0.906 bits per heavy atom. The van der Waals surface area contributed by atoms with E-state index in [0.29, 0.717) is 38.3 Å². The summed E-state index contributed by atoms with van der Waals surface area (Å²) in [5.41, 5.74) is 2.94. The summed E-state index contributed by atoms with van der Waals surface area (Å²) in [5.74, 6) is 2.39. The van der Waals surface area contributed by atoms with Gasteiger partial charge < -0.3 is 18.0 Å². The van der Waals surface area contributed by atoms with Crippen molar-refractivity contribution in [3.63, 3.8) is 0 Å². The molecule has 32 heavy (non-hydrogen) atoms. The van der Waals surface area contributed by atoms with E-state index in [2.05, 4.69) is 32.0 Å². The number of hydrogen-bond donors (Lipinski definition) is 0. The fraction of sp³-hybridized carbons (Fsp3) is 0.778. The van der Waals surface area contributed by atoms with Crippen LogP contribution in [0.15, 0.2) is 18.2 Å². The Hall–Kier alpha value is -0.883. The second kappa shape index (κ2) is 15.1. The summed E-state index contributed by atoms with van der Waals surface area (Å²) in [5, 5.41) is 0. The normalized spacial score (nSPS) is 16.3. The number of benzene rings is 1. The minimum absolute atomic E-state index is 0.622. The van der Waals surface area contributed by atoms with E-state index in [1.807, 2.05) is 20.8 Å². The smallest absolute Gasteiger partial charge is 0.493 e. The van der Waals surface area contributed by atoms with Crippen LogP contribution in [-0.2, 0) is 13.3 Å². The molecule has 4 nitrogen and oxygen atoms in total.